The number of halogens is 1. The second-order valence-corrected chi connectivity index (χ2v) is 4.86. The number of rotatable bonds is 5. The largest absolute Gasteiger partial charge is 0.492 e. The van der Waals surface area contributed by atoms with Crippen LogP contribution in [0, 0.1) is 5.92 Å². The average molecular weight is 270 g/mol. The Morgan fingerprint density at radius 1 is 1.44 bits per heavy atom. The lowest BCUT2D eigenvalue weighted by Gasteiger charge is -2.15. The van der Waals surface area contributed by atoms with Crippen molar-refractivity contribution in [1.29, 1.82) is 0 Å². The molecule has 0 amide bonds. The fourth-order valence-electron chi connectivity index (χ4n) is 2.06. The minimum atomic E-state index is -0.698. The molecule has 1 aliphatic heterocycles. The first-order valence-electron chi connectivity index (χ1n) is 5.98. The Morgan fingerprint density at radius 3 is 2.78 bits per heavy atom. The van der Waals surface area contributed by atoms with E-state index in [1.807, 2.05) is 12.1 Å². The standard InChI is InChI=1S/C13H16ClNO3/c14-11-1-3-12(4-2-11)18-8-7-15-6-5-10(9-15)13(16)17/h1-4,10H,5-9H2,(H,16,17)/t10-/m1/s1. The highest BCUT2D eigenvalue weighted by molar-refractivity contribution is 6.30. The molecular formula is C13H16ClNO3. The van der Waals surface area contributed by atoms with Crippen LogP contribution in [0.2, 0.25) is 5.02 Å². The first-order chi connectivity index (χ1) is 8.65. The van der Waals surface area contributed by atoms with E-state index in [1.165, 1.54) is 0 Å². The Balaban J connectivity index is 1.70. The molecule has 0 radical (unpaired) electrons. The molecule has 1 fully saturated rings. The topological polar surface area (TPSA) is 49.8 Å². The molecule has 0 bridgehead atoms. The van der Waals surface area contributed by atoms with Gasteiger partial charge in [-0.2, -0.15) is 0 Å². The van der Waals surface area contributed by atoms with Crippen LogP contribution in [0.25, 0.3) is 0 Å². The summed E-state index contributed by atoms with van der Waals surface area (Å²) in [5.41, 5.74) is 0. The van der Waals surface area contributed by atoms with E-state index in [0.717, 1.165) is 25.3 Å². The predicted octanol–water partition coefficient (Wildman–Crippen LogP) is 2.13. The molecule has 98 valence electrons. The van der Waals surface area contributed by atoms with Gasteiger partial charge in [0.25, 0.3) is 0 Å². The van der Waals surface area contributed by atoms with E-state index in [4.69, 9.17) is 21.4 Å². The molecule has 1 N–H and O–H groups in total. The summed E-state index contributed by atoms with van der Waals surface area (Å²) in [5, 5.41) is 9.58. The molecule has 0 aliphatic carbocycles. The molecule has 1 atom stereocenters. The van der Waals surface area contributed by atoms with Gasteiger partial charge >= 0.3 is 5.97 Å². The molecule has 0 aromatic heterocycles. The predicted molar refractivity (Wildman–Crippen MR) is 69.1 cm³/mol. The van der Waals surface area contributed by atoms with Crippen LogP contribution in [0.3, 0.4) is 0 Å². The fraction of sp³-hybridized carbons (Fsp3) is 0.462. The van der Waals surface area contributed by atoms with Gasteiger partial charge in [-0.1, -0.05) is 11.6 Å². The van der Waals surface area contributed by atoms with Crippen molar-refractivity contribution in [2.45, 2.75) is 6.42 Å². The lowest BCUT2D eigenvalue weighted by Crippen LogP contribution is -2.27. The van der Waals surface area contributed by atoms with E-state index in [0.29, 0.717) is 18.2 Å². The van der Waals surface area contributed by atoms with E-state index < -0.39 is 5.97 Å². The van der Waals surface area contributed by atoms with Crippen molar-refractivity contribution in [3.8, 4) is 5.75 Å². The van der Waals surface area contributed by atoms with E-state index in [2.05, 4.69) is 4.90 Å². The van der Waals surface area contributed by atoms with Gasteiger partial charge in [-0.25, -0.2) is 0 Å². The van der Waals surface area contributed by atoms with Crippen molar-refractivity contribution in [3.63, 3.8) is 0 Å². The highest BCUT2D eigenvalue weighted by atomic mass is 35.5. The number of carboxylic acids is 1. The highest BCUT2D eigenvalue weighted by Gasteiger charge is 2.27. The molecule has 1 aromatic rings. The van der Waals surface area contributed by atoms with Crippen LogP contribution in [0.5, 0.6) is 5.75 Å². The number of carbonyl (C=O) groups is 1. The quantitative estimate of drug-likeness (QED) is 0.890. The first kappa shape index (κ1) is 13.2. The number of hydrogen-bond acceptors (Lipinski definition) is 3. The summed E-state index contributed by atoms with van der Waals surface area (Å²) in [7, 11) is 0. The van der Waals surface area contributed by atoms with Crippen LogP contribution in [-0.4, -0.2) is 42.2 Å². The summed E-state index contributed by atoms with van der Waals surface area (Å²) in [6.07, 6.45) is 0.732. The summed E-state index contributed by atoms with van der Waals surface area (Å²) in [6.45, 7) is 2.78. The number of hydrogen-bond donors (Lipinski definition) is 1. The summed E-state index contributed by atoms with van der Waals surface area (Å²) >= 11 is 5.78. The number of likely N-dealkylation sites (tertiary alicyclic amines) is 1. The van der Waals surface area contributed by atoms with Gasteiger partial charge < -0.3 is 9.84 Å². The van der Waals surface area contributed by atoms with Crippen LogP contribution >= 0.6 is 11.6 Å². The fourth-order valence-corrected chi connectivity index (χ4v) is 2.19. The van der Waals surface area contributed by atoms with Crippen LogP contribution in [0.15, 0.2) is 24.3 Å². The zero-order valence-corrected chi connectivity index (χ0v) is 10.8. The van der Waals surface area contributed by atoms with Gasteiger partial charge in [0.1, 0.15) is 12.4 Å². The third-order valence-electron chi connectivity index (χ3n) is 3.11. The van der Waals surface area contributed by atoms with Gasteiger partial charge in [-0.15, -0.1) is 0 Å². The normalized spacial score (nSPS) is 19.9. The monoisotopic (exact) mass is 269 g/mol. The summed E-state index contributed by atoms with van der Waals surface area (Å²) in [4.78, 5) is 12.9. The van der Waals surface area contributed by atoms with E-state index in [1.54, 1.807) is 12.1 Å². The first-order valence-corrected chi connectivity index (χ1v) is 6.36. The van der Waals surface area contributed by atoms with E-state index in [9.17, 15) is 4.79 Å². The molecular weight excluding hydrogens is 254 g/mol. The molecule has 18 heavy (non-hydrogen) atoms. The average Bonchev–Trinajstić information content (AvgIpc) is 2.81. The van der Waals surface area contributed by atoms with Crippen LogP contribution in [0.1, 0.15) is 6.42 Å². The van der Waals surface area contributed by atoms with Crippen LogP contribution < -0.4 is 4.74 Å². The van der Waals surface area contributed by atoms with Gasteiger partial charge in [0.2, 0.25) is 0 Å². The van der Waals surface area contributed by atoms with Crippen molar-refractivity contribution in [2.75, 3.05) is 26.2 Å². The van der Waals surface area contributed by atoms with Gasteiger partial charge in [0.15, 0.2) is 0 Å². The molecule has 1 aromatic carbocycles. The molecule has 1 heterocycles. The minimum Gasteiger partial charge on any atom is -0.492 e. The Bertz CT molecular complexity index is 407. The second kappa shape index (κ2) is 6.07. The maximum absolute atomic E-state index is 10.8. The second-order valence-electron chi connectivity index (χ2n) is 4.43. The third-order valence-corrected chi connectivity index (χ3v) is 3.36. The maximum Gasteiger partial charge on any atom is 0.307 e. The van der Waals surface area contributed by atoms with Gasteiger partial charge in [-0.3, -0.25) is 9.69 Å². The molecule has 0 spiro atoms. The van der Waals surface area contributed by atoms with Gasteiger partial charge in [0.05, 0.1) is 5.92 Å². The van der Waals surface area contributed by atoms with Crippen molar-refractivity contribution in [3.05, 3.63) is 29.3 Å². The Morgan fingerprint density at radius 2 is 2.17 bits per heavy atom. The summed E-state index contributed by atoms with van der Waals surface area (Å²) in [6, 6.07) is 7.22. The Labute approximate surface area is 111 Å². The molecule has 1 aliphatic rings. The molecule has 5 heteroatoms. The number of nitrogens with zero attached hydrogens (tertiary/aromatic N) is 1. The zero-order chi connectivity index (χ0) is 13.0. The smallest absolute Gasteiger partial charge is 0.307 e. The van der Waals surface area contributed by atoms with E-state index in [-0.39, 0.29) is 5.92 Å². The molecule has 0 saturated carbocycles. The van der Waals surface area contributed by atoms with Gasteiger partial charge in [0, 0.05) is 18.1 Å². The van der Waals surface area contributed by atoms with Crippen molar-refractivity contribution >= 4 is 17.6 Å². The summed E-state index contributed by atoms with van der Waals surface area (Å²) in [5.74, 6) is -0.134. The molecule has 1 saturated heterocycles. The highest BCUT2D eigenvalue weighted by Crippen LogP contribution is 2.17. The number of aliphatic carboxylic acids is 1. The SMILES string of the molecule is O=C(O)[C@@H]1CCN(CCOc2ccc(Cl)cc2)C1. The maximum atomic E-state index is 10.8. The summed E-state index contributed by atoms with van der Waals surface area (Å²) < 4.78 is 5.57. The van der Waals surface area contributed by atoms with Gasteiger partial charge in [-0.05, 0) is 37.2 Å². The number of benzene rings is 1. The minimum absolute atomic E-state index is 0.222. The van der Waals surface area contributed by atoms with Crippen molar-refractivity contribution in [1.82, 2.24) is 4.90 Å². The Hall–Kier alpha value is -1.26. The lowest BCUT2D eigenvalue weighted by atomic mass is 10.1. The lowest BCUT2D eigenvalue weighted by molar-refractivity contribution is -0.141. The van der Waals surface area contributed by atoms with Crippen molar-refractivity contribution < 1.29 is 14.6 Å². The third kappa shape index (κ3) is 3.62. The number of carboxylic acid groups (broad SMARTS) is 1. The Kier molecular flexibility index (Phi) is 4.44. The van der Waals surface area contributed by atoms with E-state index >= 15 is 0 Å². The zero-order valence-electron chi connectivity index (χ0n) is 10.0. The molecule has 4 nitrogen and oxygen atoms in total. The van der Waals surface area contributed by atoms with Crippen LogP contribution in [-0.2, 0) is 4.79 Å². The molecule has 0 unspecified atom stereocenters. The number of ether oxygens (including phenoxy) is 1. The molecule has 2 rings (SSSR count). The van der Waals surface area contributed by atoms with Crippen molar-refractivity contribution in [2.24, 2.45) is 5.92 Å². The van der Waals surface area contributed by atoms with Crippen LogP contribution in [0.4, 0.5) is 0 Å².